The van der Waals surface area contributed by atoms with Gasteiger partial charge in [0.1, 0.15) is 0 Å². The predicted molar refractivity (Wildman–Crippen MR) is 91.7 cm³/mol. The van der Waals surface area contributed by atoms with E-state index in [1.165, 1.54) is 41.3 Å². The summed E-state index contributed by atoms with van der Waals surface area (Å²) in [5.41, 5.74) is 1.52. The lowest BCUT2D eigenvalue weighted by Gasteiger charge is -2.26. The molecule has 0 saturated heterocycles. The number of likely N-dealkylation sites (N-methyl/N-ethyl adjacent to an activating group) is 1. The minimum atomic E-state index is 0.605. The molecule has 2 heteroatoms. The molecule has 1 aromatic carbocycles. The maximum absolute atomic E-state index is 3.58. The van der Waals surface area contributed by atoms with Crippen LogP contribution in [0.3, 0.4) is 0 Å². The number of hydrogen-bond acceptors (Lipinski definition) is 2. The Hall–Kier alpha value is -0.860. The summed E-state index contributed by atoms with van der Waals surface area (Å²) < 4.78 is 1.42. The first kappa shape index (κ1) is 15.5. The molecule has 1 nitrogen and oxygen atoms in total. The maximum atomic E-state index is 3.58. The zero-order valence-electron chi connectivity index (χ0n) is 13.0. The van der Waals surface area contributed by atoms with Crippen LogP contribution in [0.4, 0.5) is 0 Å². The van der Waals surface area contributed by atoms with E-state index in [2.05, 4.69) is 55.9 Å². The van der Waals surface area contributed by atoms with Crippen LogP contribution >= 0.6 is 11.3 Å². The summed E-state index contributed by atoms with van der Waals surface area (Å²) in [4.78, 5) is 0. The molecule has 0 aliphatic rings. The maximum Gasteiger partial charge on any atom is 0.0345 e. The van der Waals surface area contributed by atoms with Gasteiger partial charge in [0, 0.05) is 10.7 Å². The molecule has 0 spiro atoms. The molecule has 1 unspecified atom stereocenters. The van der Waals surface area contributed by atoms with E-state index in [1.54, 1.807) is 0 Å². The summed E-state index contributed by atoms with van der Waals surface area (Å²) in [6.45, 7) is 4.60. The number of benzene rings is 1. The van der Waals surface area contributed by atoms with Crippen molar-refractivity contribution in [2.45, 2.75) is 52.0 Å². The van der Waals surface area contributed by atoms with E-state index in [9.17, 15) is 0 Å². The normalized spacial score (nSPS) is 13.2. The quantitative estimate of drug-likeness (QED) is 0.700. The molecule has 2 rings (SSSR count). The lowest BCUT2D eigenvalue weighted by Crippen LogP contribution is -2.35. The van der Waals surface area contributed by atoms with E-state index >= 15 is 0 Å². The topological polar surface area (TPSA) is 12.0 Å². The highest BCUT2D eigenvalue weighted by Gasteiger charge is 2.20. The van der Waals surface area contributed by atoms with Gasteiger partial charge in [-0.25, -0.2) is 0 Å². The first-order valence-corrected chi connectivity index (χ1v) is 8.80. The monoisotopic (exact) mass is 289 g/mol. The summed E-state index contributed by atoms with van der Waals surface area (Å²) in [7, 11) is 2.12. The van der Waals surface area contributed by atoms with Crippen molar-refractivity contribution in [3.63, 3.8) is 0 Å². The summed E-state index contributed by atoms with van der Waals surface area (Å²) in [6, 6.07) is 9.39. The van der Waals surface area contributed by atoms with Crippen molar-refractivity contribution in [3.05, 3.63) is 35.2 Å². The molecule has 1 heterocycles. The summed E-state index contributed by atoms with van der Waals surface area (Å²) in [6.07, 6.45) is 6.40. The highest BCUT2D eigenvalue weighted by atomic mass is 32.1. The van der Waals surface area contributed by atoms with Gasteiger partial charge in [-0.3, -0.25) is 0 Å². The van der Waals surface area contributed by atoms with E-state index < -0.39 is 0 Å². The second kappa shape index (κ2) is 7.80. The van der Waals surface area contributed by atoms with E-state index in [4.69, 9.17) is 0 Å². The van der Waals surface area contributed by atoms with Gasteiger partial charge in [-0.2, -0.15) is 0 Å². The van der Waals surface area contributed by atoms with Crippen molar-refractivity contribution in [3.8, 4) is 0 Å². The Morgan fingerprint density at radius 1 is 1.10 bits per heavy atom. The third-order valence-corrected chi connectivity index (χ3v) is 5.27. The Kier molecular flexibility index (Phi) is 6.06. The van der Waals surface area contributed by atoms with E-state index in [0.717, 1.165) is 12.3 Å². The van der Waals surface area contributed by atoms with Crippen LogP contribution in [-0.2, 0) is 6.42 Å². The summed E-state index contributed by atoms with van der Waals surface area (Å²) in [5, 5.41) is 7.38. The Bertz CT molecular complexity index is 511. The molecule has 0 aliphatic heterocycles. The van der Waals surface area contributed by atoms with Gasteiger partial charge in [-0.05, 0) is 54.6 Å². The first-order chi connectivity index (χ1) is 9.80. The van der Waals surface area contributed by atoms with E-state index in [-0.39, 0.29) is 0 Å². The van der Waals surface area contributed by atoms with Crippen LogP contribution in [0.5, 0.6) is 0 Å². The number of fused-ring (bicyclic) bond motifs is 1. The molecule has 0 amide bonds. The third-order valence-electron chi connectivity index (χ3n) is 4.26. The molecule has 0 bridgehead atoms. The molecule has 0 aliphatic carbocycles. The van der Waals surface area contributed by atoms with Crippen LogP contribution in [0, 0.1) is 5.92 Å². The van der Waals surface area contributed by atoms with Gasteiger partial charge in [0.2, 0.25) is 0 Å². The highest BCUT2D eigenvalue weighted by Crippen LogP contribution is 2.29. The zero-order valence-corrected chi connectivity index (χ0v) is 13.8. The molecule has 1 atom stereocenters. The zero-order chi connectivity index (χ0) is 14.4. The molecular formula is C18H27NS. The minimum Gasteiger partial charge on any atom is -0.316 e. The van der Waals surface area contributed by atoms with Crippen molar-refractivity contribution in [1.29, 1.82) is 0 Å². The van der Waals surface area contributed by atoms with Crippen molar-refractivity contribution in [1.82, 2.24) is 5.32 Å². The minimum absolute atomic E-state index is 0.605. The molecule has 1 aromatic heterocycles. The number of hydrogen-bond donors (Lipinski definition) is 1. The SMILES string of the molecule is CCCC(CCC)C(Cc1csc2ccccc12)NC. The van der Waals surface area contributed by atoms with E-state index in [1.807, 2.05) is 11.3 Å². The Balaban J connectivity index is 2.16. The fraction of sp³-hybridized carbons (Fsp3) is 0.556. The molecule has 0 radical (unpaired) electrons. The van der Waals surface area contributed by atoms with Crippen molar-refractivity contribution >= 4 is 21.4 Å². The molecule has 0 saturated carbocycles. The summed E-state index contributed by atoms with van der Waals surface area (Å²) >= 11 is 1.88. The molecule has 1 N–H and O–H groups in total. The van der Waals surface area contributed by atoms with Crippen LogP contribution in [0.25, 0.3) is 10.1 Å². The molecule has 20 heavy (non-hydrogen) atoms. The average Bonchev–Trinajstić information content (AvgIpc) is 2.88. The largest absolute Gasteiger partial charge is 0.316 e. The first-order valence-electron chi connectivity index (χ1n) is 7.92. The molecular weight excluding hydrogens is 262 g/mol. The van der Waals surface area contributed by atoms with Gasteiger partial charge in [0.05, 0.1) is 0 Å². The Morgan fingerprint density at radius 3 is 2.45 bits per heavy atom. The second-order valence-corrected chi connectivity index (χ2v) is 6.61. The summed E-state index contributed by atoms with van der Waals surface area (Å²) in [5.74, 6) is 0.800. The Labute approximate surface area is 127 Å². The van der Waals surface area contributed by atoms with Crippen molar-refractivity contribution in [2.24, 2.45) is 5.92 Å². The molecule has 110 valence electrons. The average molecular weight is 289 g/mol. The smallest absolute Gasteiger partial charge is 0.0345 e. The van der Waals surface area contributed by atoms with Gasteiger partial charge in [-0.15, -0.1) is 11.3 Å². The fourth-order valence-corrected chi connectivity index (χ4v) is 4.20. The number of nitrogens with one attached hydrogen (secondary N) is 1. The highest BCUT2D eigenvalue weighted by molar-refractivity contribution is 7.17. The molecule has 2 aromatic rings. The third kappa shape index (κ3) is 3.62. The van der Waals surface area contributed by atoms with Gasteiger partial charge in [-0.1, -0.05) is 44.9 Å². The van der Waals surface area contributed by atoms with Crippen LogP contribution in [-0.4, -0.2) is 13.1 Å². The van der Waals surface area contributed by atoms with Gasteiger partial charge >= 0.3 is 0 Å². The van der Waals surface area contributed by atoms with Gasteiger partial charge in [0.15, 0.2) is 0 Å². The van der Waals surface area contributed by atoms with Crippen LogP contribution in [0.15, 0.2) is 29.6 Å². The predicted octanol–water partition coefficient (Wildman–Crippen LogP) is 5.25. The lowest BCUT2D eigenvalue weighted by atomic mass is 9.86. The van der Waals surface area contributed by atoms with Gasteiger partial charge in [0.25, 0.3) is 0 Å². The second-order valence-electron chi connectivity index (χ2n) is 5.69. The van der Waals surface area contributed by atoms with Crippen molar-refractivity contribution in [2.75, 3.05) is 7.05 Å². The van der Waals surface area contributed by atoms with Gasteiger partial charge < -0.3 is 5.32 Å². The van der Waals surface area contributed by atoms with Crippen LogP contribution in [0.2, 0.25) is 0 Å². The fourth-order valence-electron chi connectivity index (χ4n) is 3.22. The van der Waals surface area contributed by atoms with Crippen LogP contribution in [0.1, 0.15) is 45.1 Å². The number of rotatable bonds is 8. The van der Waals surface area contributed by atoms with Crippen molar-refractivity contribution < 1.29 is 0 Å². The van der Waals surface area contributed by atoms with Crippen LogP contribution < -0.4 is 5.32 Å². The lowest BCUT2D eigenvalue weighted by molar-refractivity contribution is 0.323. The van der Waals surface area contributed by atoms with E-state index in [0.29, 0.717) is 6.04 Å². The number of thiophene rings is 1. The molecule has 0 fully saturated rings. The Morgan fingerprint density at radius 2 is 1.80 bits per heavy atom. The standard InChI is InChI=1S/C18H27NS/c1-4-8-14(9-5-2)17(19-3)12-15-13-20-18-11-7-6-10-16(15)18/h6-7,10-11,13-14,17,19H,4-5,8-9,12H2,1-3H3.